The molecule has 3 heterocycles. The molecule has 9 nitrogen and oxygen atoms in total. The minimum atomic E-state index is -0.978. The van der Waals surface area contributed by atoms with Crippen molar-refractivity contribution in [2.24, 2.45) is 5.92 Å². The van der Waals surface area contributed by atoms with Crippen molar-refractivity contribution in [2.45, 2.75) is 24.9 Å². The van der Waals surface area contributed by atoms with Gasteiger partial charge in [0.05, 0.1) is 29.2 Å². The maximum atomic E-state index is 12.8. The van der Waals surface area contributed by atoms with E-state index in [9.17, 15) is 24.4 Å². The van der Waals surface area contributed by atoms with Crippen LogP contribution in [0.5, 0.6) is 0 Å². The summed E-state index contributed by atoms with van der Waals surface area (Å²) in [5.74, 6) is -2.30. The Morgan fingerprint density at radius 1 is 1.11 bits per heavy atom. The molecule has 3 N–H and O–H groups in total. The van der Waals surface area contributed by atoms with Crippen LogP contribution >= 0.6 is 0 Å². The maximum Gasteiger partial charge on any atom is 0.262 e. The molecule has 0 spiro atoms. The van der Waals surface area contributed by atoms with Crippen molar-refractivity contribution in [2.75, 3.05) is 18.4 Å². The molecule has 2 fully saturated rings. The quantitative estimate of drug-likeness (QED) is 0.620. The zero-order chi connectivity index (χ0) is 19.1. The Morgan fingerprint density at radius 3 is 2.63 bits per heavy atom. The summed E-state index contributed by atoms with van der Waals surface area (Å²) in [6.07, 6.45) is 0.208. The number of nitriles is 1. The topological polar surface area (TPSA) is 131 Å². The van der Waals surface area contributed by atoms with E-state index in [1.54, 1.807) is 18.2 Å². The van der Waals surface area contributed by atoms with Gasteiger partial charge in [0.25, 0.3) is 11.8 Å². The van der Waals surface area contributed by atoms with Gasteiger partial charge in [-0.2, -0.15) is 5.26 Å². The van der Waals surface area contributed by atoms with Crippen molar-refractivity contribution in [3.63, 3.8) is 0 Å². The molecule has 3 unspecified atom stereocenters. The average molecular weight is 367 g/mol. The van der Waals surface area contributed by atoms with E-state index in [0.29, 0.717) is 18.8 Å². The van der Waals surface area contributed by atoms with E-state index in [-0.39, 0.29) is 35.9 Å². The molecule has 9 heteroatoms. The Kier molecular flexibility index (Phi) is 4.12. The van der Waals surface area contributed by atoms with Crippen LogP contribution in [-0.4, -0.2) is 53.7 Å². The van der Waals surface area contributed by atoms with Crippen LogP contribution in [0.3, 0.4) is 0 Å². The highest BCUT2D eigenvalue weighted by molar-refractivity contribution is 6.23. The van der Waals surface area contributed by atoms with Crippen LogP contribution in [0, 0.1) is 17.2 Å². The van der Waals surface area contributed by atoms with E-state index in [0.717, 1.165) is 4.90 Å². The minimum Gasteiger partial charge on any atom is -0.380 e. The molecule has 0 aromatic heterocycles. The van der Waals surface area contributed by atoms with Crippen LogP contribution in [0.25, 0.3) is 0 Å². The lowest BCUT2D eigenvalue weighted by molar-refractivity contribution is -0.136. The number of anilines is 1. The first kappa shape index (κ1) is 17.2. The number of nitrogens with zero attached hydrogens (tertiary/aromatic N) is 2. The van der Waals surface area contributed by atoms with E-state index in [1.165, 1.54) is 0 Å². The number of benzene rings is 1. The fourth-order valence-corrected chi connectivity index (χ4v) is 3.74. The Labute approximate surface area is 154 Å². The average Bonchev–Trinajstić information content (AvgIpc) is 3.19. The standard InChI is InChI=1S/C18H17N5O4/c19-6-9-7-20-8-13(9)21-10-1-2-11-12(5-10)18(27)23(17(11)26)14-3-4-15(24)22-16(14)25/h1-2,5,9,13-14,20-21H,3-4,7-8H2,(H,22,24,25). The second-order valence-electron chi connectivity index (χ2n) is 6.85. The van der Waals surface area contributed by atoms with Crippen LogP contribution < -0.4 is 16.0 Å². The molecule has 4 amide bonds. The van der Waals surface area contributed by atoms with Gasteiger partial charge in [-0.15, -0.1) is 0 Å². The summed E-state index contributed by atoms with van der Waals surface area (Å²) in [6.45, 7) is 1.23. The number of hydrogen-bond acceptors (Lipinski definition) is 7. The molecule has 1 aromatic carbocycles. The fraction of sp³-hybridized carbons (Fsp3) is 0.389. The zero-order valence-electron chi connectivity index (χ0n) is 14.3. The Morgan fingerprint density at radius 2 is 1.89 bits per heavy atom. The number of hydrogen-bond donors (Lipinski definition) is 3. The van der Waals surface area contributed by atoms with E-state index < -0.39 is 29.7 Å². The predicted molar refractivity (Wildman–Crippen MR) is 92.5 cm³/mol. The Balaban J connectivity index is 1.57. The van der Waals surface area contributed by atoms with E-state index in [4.69, 9.17) is 0 Å². The number of carbonyl (C=O) groups is 4. The molecule has 0 saturated carbocycles. The fourth-order valence-electron chi connectivity index (χ4n) is 3.74. The summed E-state index contributed by atoms with van der Waals surface area (Å²) in [7, 11) is 0. The van der Waals surface area contributed by atoms with Gasteiger partial charge in [0.2, 0.25) is 11.8 Å². The molecule has 0 radical (unpaired) electrons. The number of carbonyl (C=O) groups excluding carboxylic acids is 4. The second-order valence-corrected chi connectivity index (χ2v) is 6.85. The van der Waals surface area contributed by atoms with Crippen molar-refractivity contribution in [1.29, 1.82) is 5.26 Å². The van der Waals surface area contributed by atoms with Gasteiger partial charge in [0, 0.05) is 25.2 Å². The van der Waals surface area contributed by atoms with Crippen LogP contribution in [-0.2, 0) is 9.59 Å². The molecule has 4 rings (SSSR count). The molecule has 0 aliphatic carbocycles. The van der Waals surface area contributed by atoms with Crippen molar-refractivity contribution < 1.29 is 19.2 Å². The molecular weight excluding hydrogens is 350 g/mol. The first-order valence-corrected chi connectivity index (χ1v) is 8.72. The van der Waals surface area contributed by atoms with Crippen LogP contribution in [0.1, 0.15) is 33.6 Å². The minimum absolute atomic E-state index is 0.0842. The zero-order valence-corrected chi connectivity index (χ0v) is 14.3. The summed E-state index contributed by atoms with van der Waals surface area (Å²) in [4.78, 5) is 49.8. The van der Waals surface area contributed by atoms with Gasteiger partial charge in [0.15, 0.2) is 0 Å². The van der Waals surface area contributed by atoms with Gasteiger partial charge in [0.1, 0.15) is 6.04 Å². The summed E-state index contributed by atoms with van der Waals surface area (Å²) in [6, 6.07) is 5.98. The summed E-state index contributed by atoms with van der Waals surface area (Å²) in [5.41, 5.74) is 1.08. The monoisotopic (exact) mass is 367 g/mol. The van der Waals surface area contributed by atoms with Crippen molar-refractivity contribution in [1.82, 2.24) is 15.5 Å². The lowest BCUT2D eigenvalue weighted by Crippen LogP contribution is -2.54. The van der Waals surface area contributed by atoms with Gasteiger partial charge < -0.3 is 10.6 Å². The number of amides is 4. The largest absolute Gasteiger partial charge is 0.380 e. The summed E-state index contributed by atoms with van der Waals surface area (Å²) >= 11 is 0. The highest BCUT2D eigenvalue weighted by Crippen LogP contribution is 2.30. The van der Waals surface area contributed by atoms with E-state index >= 15 is 0 Å². The molecule has 138 valence electrons. The van der Waals surface area contributed by atoms with Crippen molar-refractivity contribution in [3.8, 4) is 6.07 Å². The van der Waals surface area contributed by atoms with E-state index in [2.05, 4.69) is 22.0 Å². The van der Waals surface area contributed by atoms with E-state index in [1.807, 2.05) is 0 Å². The molecule has 2 saturated heterocycles. The number of fused-ring (bicyclic) bond motifs is 1. The van der Waals surface area contributed by atoms with Gasteiger partial charge in [-0.25, -0.2) is 0 Å². The maximum absolute atomic E-state index is 12.8. The number of imide groups is 2. The van der Waals surface area contributed by atoms with Crippen molar-refractivity contribution in [3.05, 3.63) is 29.3 Å². The smallest absolute Gasteiger partial charge is 0.262 e. The highest BCUT2D eigenvalue weighted by atomic mass is 16.2. The normalized spacial score (nSPS) is 27.4. The van der Waals surface area contributed by atoms with Crippen LogP contribution in [0.15, 0.2) is 18.2 Å². The number of piperidine rings is 1. The lowest BCUT2D eigenvalue weighted by Gasteiger charge is -2.27. The SMILES string of the molecule is N#CC1CNCC1Nc1ccc2c(c1)C(=O)N(C1CCC(=O)NC1=O)C2=O. The molecule has 0 bridgehead atoms. The number of nitrogens with one attached hydrogen (secondary N) is 3. The molecule has 3 atom stereocenters. The van der Waals surface area contributed by atoms with Crippen LogP contribution in [0.2, 0.25) is 0 Å². The first-order chi connectivity index (χ1) is 13.0. The summed E-state index contributed by atoms with van der Waals surface area (Å²) in [5, 5.41) is 17.7. The Bertz CT molecular complexity index is 906. The van der Waals surface area contributed by atoms with Gasteiger partial charge >= 0.3 is 0 Å². The van der Waals surface area contributed by atoms with Gasteiger partial charge in [-0.1, -0.05) is 0 Å². The highest BCUT2D eigenvalue weighted by Gasteiger charge is 2.44. The second kappa shape index (κ2) is 6.48. The third-order valence-corrected chi connectivity index (χ3v) is 5.17. The van der Waals surface area contributed by atoms with Crippen LogP contribution in [0.4, 0.5) is 5.69 Å². The van der Waals surface area contributed by atoms with Gasteiger partial charge in [-0.05, 0) is 24.6 Å². The molecular formula is C18H17N5O4. The van der Waals surface area contributed by atoms with Gasteiger partial charge in [-0.3, -0.25) is 29.4 Å². The lowest BCUT2D eigenvalue weighted by atomic mass is 10.0. The van der Waals surface area contributed by atoms with Crippen molar-refractivity contribution >= 4 is 29.3 Å². The molecule has 3 aliphatic heterocycles. The first-order valence-electron chi connectivity index (χ1n) is 8.72. The third-order valence-electron chi connectivity index (χ3n) is 5.17. The molecule has 3 aliphatic rings. The summed E-state index contributed by atoms with van der Waals surface area (Å²) < 4.78 is 0. The third kappa shape index (κ3) is 2.84. The Hall–Kier alpha value is -3.25. The number of rotatable bonds is 3. The predicted octanol–water partition coefficient (Wildman–Crippen LogP) is -0.389. The molecule has 1 aromatic rings. The molecule has 27 heavy (non-hydrogen) atoms.